The summed E-state index contributed by atoms with van der Waals surface area (Å²) in [5, 5.41) is 6.03. The minimum atomic E-state index is -0.297. The van der Waals surface area contributed by atoms with Gasteiger partial charge in [-0.2, -0.15) is 0 Å². The van der Waals surface area contributed by atoms with Crippen molar-refractivity contribution in [3.63, 3.8) is 0 Å². The van der Waals surface area contributed by atoms with Crippen molar-refractivity contribution in [2.75, 3.05) is 0 Å². The average Bonchev–Trinajstić information content (AvgIpc) is 2.84. The Morgan fingerprint density at radius 3 is 2.24 bits per heavy atom. The molecule has 1 saturated heterocycles. The first-order chi connectivity index (χ1) is 10.0. The minimum absolute atomic E-state index is 0.0117. The SMILES string of the molecule is CC(NC(=O)[C@H]1CCC(=O)N1)C12CC3CC(CC(C3)C1)C2. The van der Waals surface area contributed by atoms with Crippen molar-refractivity contribution in [1.82, 2.24) is 10.6 Å². The fourth-order valence-electron chi connectivity index (χ4n) is 5.99. The fourth-order valence-corrected chi connectivity index (χ4v) is 5.99. The van der Waals surface area contributed by atoms with Gasteiger partial charge < -0.3 is 10.6 Å². The average molecular weight is 290 g/mol. The molecule has 4 saturated carbocycles. The molecule has 2 amide bonds. The summed E-state index contributed by atoms with van der Waals surface area (Å²) in [7, 11) is 0. The summed E-state index contributed by atoms with van der Waals surface area (Å²) in [5.74, 6) is 2.76. The Kier molecular flexibility index (Phi) is 3.05. The first-order valence-corrected chi connectivity index (χ1v) is 8.64. The smallest absolute Gasteiger partial charge is 0.242 e. The van der Waals surface area contributed by atoms with E-state index in [0.717, 1.165) is 17.8 Å². The summed E-state index contributed by atoms with van der Waals surface area (Å²) in [6.45, 7) is 2.20. The zero-order chi connectivity index (χ0) is 14.6. The standard InChI is InChI=1S/C17H26N2O2/c1-10(18-16(21)14-2-3-15(20)19-14)17-7-11-4-12(8-17)6-13(5-11)9-17/h10-14H,2-9H2,1H3,(H,18,21)(H,19,20)/t10?,11?,12?,13?,14-,17?/m1/s1. The summed E-state index contributed by atoms with van der Waals surface area (Å²) < 4.78 is 0. The van der Waals surface area contributed by atoms with Gasteiger partial charge in [0.1, 0.15) is 6.04 Å². The van der Waals surface area contributed by atoms with Gasteiger partial charge in [-0.25, -0.2) is 0 Å². The van der Waals surface area contributed by atoms with Crippen molar-refractivity contribution in [1.29, 1.82) is 0 Å². The molecular formula is C17H26N2O2. The number of nitrogens with one attached hydrogen (secondary N) is 2. The van der Waals surface area contributed by atoms with Crippen LogP contribution in [-0.4, -0.2) is 23.9 Å². The highest BCUT2D eigenvalue weighted by Crippen LogP contribution is 2.61. The van der Waals surface area contributed by atoms with Crippen LogP contribution < -0.4 is 10.6 Å². The maximum absolute atomic E-state index is 12.4. The molecule has 1 aliphatic heterocycles. The number of hydrogen-bond donors (Lipinski definition) is 2. The van der Waals surface area contributed by atoms with Gasteiger partial charge >= 0.3 is 0 Å². The van der Waals surface area contributed by atoms with Crippen LogP contribution in [0.5, 0.6) is 0 Å². The highest BCUT2D eigenvalue weighted by molar-refractivity contribution is 5.90. The Hall–Kier alpha value is -1.06. The van der Waals surface area contributed by atoms with Crippen LogP contribution in [0.3, 0.4) is 0 Å². The first kappa shape index (κ1) is 13.6. The molecule has 2 atom stereocenters. The molecule has 0 spiro atoms. The molecule has 5 aliphatic rings. The van der Waals surface area contributed by atoms with E-state index in [9.17, 15) is 9.59 Å². The molecule has 5 fully saturated rings. The molecule has 116 valence electrons. The molecule has 4 heteroatoms. The van der Waals surface area contributed by atoms with E-state index in [1.807, 2.05) is 0 Å². The Bertz CT molecular complexity index is 438. The number of carbonyl (C=O) groups is 2. The van der Waals surface area contributed by atoms with Gasteiger partial charge in [-0.1, -0.05) is 0 Å². The first-order valence-electron chi connectivity index (χ1n) is 8.64. The number of rotatable bonds is 3. The second kappa shape index (κ2) is 4.72. The zero-order valence-corrected chi connectivity index (χ0v) is 12.9. The van der Waals surface area contributed by atoms with Gasteiger partial charge in [0, 0.05) is 12.5 Å². The molecule has 4 nitrogen and oxygen atoms in total. The molecule has 2 N–H and O–H groups in total. The van der Waals surface area contributed by atoms with Crippen LogP contribution in [0.25, 0.3) is 0 Å². The van der Waals surface area contributed by atoms with Crippen LogP contribution in [0.1, 0.15) is 58.3 Å². The molecular weight excluding hydrogens is 264 g/mol. The van der Waals surface area contributed by atoms with Gasteiger partial charge in [0.05, 0.1) is 0 Å². The maximum Gasteiger partial charge on any atom is 0.242 e. The lowest BCUT2D eigenvalue weighted by Crippen LogP contribution is -2.57. The quantitative estimate of drug-likeness (QED) is 0.835. The van der Waals surface area contributed by atoms with Gasteiger partial charge in [0.2, 0.25) is 11.8 Å². The number of carbonyl (C=O) groups excluding carboxylic acids is 2. The molecule has 4 aliphatic carbocycles. The second-order valence-electron chi connectivity index (χ2n) is 8.17. The monoisotopic (exact) mass is 290 g/mol. The summed E-state index contributed by atoms with van der Waals surface area (Å²) in [6, 6.07) is -0.0511. The summed E-state index contributed by atoms with van der Waals surface area (Å²) in [4.78, 5) is 23.6. The lowest BCUT2D eigenvalue weighted by Gasteiger charge is -2.59. The van der Waals surface area contributed by atoms with E-state index in [4.69, 9.17) is 0 Å². The fraction of sp³-hybridized carbons (Fsp3) is 0.882. The maximum atomic E-state index is 12.4. The summed E-state index contributed by atoms with van der Waals surface area (Å²) in [6.07, 6.45) is 9.34. The molecule has 4 bridgehead atoms. The summed E-state index contributed by atoms with van der Waals surface area (Å²) in [5.41, 5.74) is 0.340. The predicted molar refractivity (Wildman–Crippen MR) is 79.4 cm³/mol. The Morgan fingerprint density at radius 2 is 1.76 bits per heavy atom. The van der Waals surface area contributed by atoms with Crippen molar-refractivity contribution in [2.45, 2.75) is 70.4 Å². The highest BCUT2D eigenvalue weighted by Gasteiger charge is 2.53. The topological polar surface area (TPSA) is 58.2 Å². The molecule has 1 unspecified atom stereocenters. The normalized spacial score (nSPS) is 45.5. The third-order valence-corrected chi connectivity index (χ3v) is 6.67. The van der Waals surface area contributed by atoms with Crippen molar-refractivity contribution in [2.24, 2.45) is 23.2 Å². The Balaban J connectivity index is 1.44. The van der Waals surface area contributed by atoms with Gasteiger partial charge in [0.25, 0.3) is 0 Å². The lowest BCUT2D eigenvalue weighted by atomic mass is 9.48. The Labute approximate surface area is 126 Å². The molecule has 0 aromatic carbocycles. The Morgan fingerprint density at radius 1 is 1.19 bits per heavy atom. The van der Waals surface area contributed by atoms with Crippen molar-refractivity contribution < 1.29 is 9.59 Å². The van der Waals surface area contributed by atoms with Crippen molar-refractivity contribution >= 4 is 11.8 Å². The van der Waals surface area contributed by atoms with Crippen molar-refractivity contribution in [3.8, 4) is 0 Å². The number of hydrogen-bond acceptors (Lipinski definition) is 2. The number of amides is 2. The molecule has 21 heavy (non-hydrogen) atoms. The van der Waals surface area contributed by atoms with Crippen LogP contribution in [0.15, 0.2) is 0 Å². The predicted octanol–water partition coefficient (Wildman–Crippen LogP) is 1.99. The van der Waals surface area contributed by atoms with E-state index in [2.05, 4.69) is 17.6 Å². The zero-order valence-electron chi connectivity index (χ0n) is 12.9. The van der Waals surface area contributed by atoms with Crippen LogP contribution in [0, 0.1) is 23.2 Å². The van der Waals surface area contributed by atoms with Gasteiger partial charge in [-0.05, 0) is 75.0 Å². The van der Waals surface area contributed by atoms with Crippen molar-refractivity contribution in [3.05, 3.63) is 0 Å². The van der Waals surface area contributed by atoms with E-state index in [-0.39, 0.29) is 23.9 Å². The van der Waals surface area contributed by atoms with Crippen LogP contribution in [0.2, 0.25) is 0 Å². The lowest BCUT2D eigenvalue weighted by molar-refractivity contribution is -0.129. The van der Waals surface area contributed by atoms with Gasteiger partial charge in [-0.15, -0.1) is 0 Å². The van der Waals surface area contributed by atoms with E-state index >= 15 is 0 Å². The van der Waals surface area contributed by atoms with Gasteiger partial charge in [-0.3, -0.25) is 9.59 Å². The third-order valence-electron chi connectivity index (χ3n) is 6.67. The molecule has 0 aromatic rings. The molecule has 0 aromatic heterocycles. The third kappa shape index (κ3) is 2.27. The molecule has 5 rings (SSSR count). The van der Waals surface area contributed by atoms with E-state index in [1.165, 1.54) is 38.5 Å². The van der Waals surface area contributed by atoms with Gasteiger partial charge in [0.15, 0.2) is 0 Å². The van der Waals surface area contributed by atoms with E-state index in [0.29, 0.717) is 18.3 Å². The summed E-state index contributed by atoms with van der Waals surface area (Å²) >= 11 is 0. The highest BCUT2D eigenvalue weighted by atomic mass is 16.2. The minimum Gasteiger partial charge on any atom is -0.351 e. The largest absolute Gasteiger partial charge is 0.351 e. The van der Waals surface area contributed by atoms with E-state index < -0.39 is 0 Å². The molecule has 0 radical (unpaired) electrons. The second-order valence-corrected chi connectivity index (χ2v) is 8.17. The van der Waals surface area contributed by atoms with E-state index in [1.54, 1.807) is 0 Å². The van der Waals surface area contributed by atoms with Crippen LogP contribution >= 0.6 is 0 Å². The van der Waals surface area contributed by atoms with Crippen LogP contribution in [-0.2, 0) is 9.59 Å². The van der Waals surface area contributed by atoms with Crippen LogP contribution in [0.4, 0.5) is 0 Å². The molecule has 1 heterocycles.